The summed E-state index contributed by atoms with van der Waals surface area (Å²) in [5.74, 6) is -2.11. The number of hydrogen-bond donors (Lipinski definition) is 4. The van der Waals surface area contributed by atoms with Gasteiger partial charge in [-0.3, -0.25) is 14.4 Å². The smallest absolute Gasteiger partial charge is 0.412 e. The molecule has 0 saturated heterocycles. The van der Waals surface area contributed by atoms with Crippen molar-refractivity contribution >= 4 is 45.5 Å². The van der Waals surface area contributed by atoms with Gasteiger partial charge in [0.05, 0.1) is 11.9 Å². The van der Waals surface area contributed by atoms with E-state index in [4.69, 9.17) is 20.0 Å². The number of furan rings is 1. The van der Waals surface area contributed by atoms with E-state index < -0.39 is 24.5 Å². The maximum Gasteiger partial charge on any atom is 0.412 e. The highest BCUT2D eigenvalue weighted by Crippen LogP contribution is 2.43. The number of carbonyl (C=O) groups excluding carboxylic acids is 3. The maximum atomic E-state index is 12.4. The van der Waals surface area contributed by atoms with E-state index in [2.05, 4.69) is 5.32 Å². The molecule has 11 nitrogen and oxygen atoms in total. The number of fused-ring (bicyclic) bond motifs is 2. The van der Waals surface area contributed by atoms with Crippen LogP contribution in [0.4, 0.5) is 4.79 Å². The molecule has 2 aromatic carbocycles. The summed E-state index contributed by atoms with van der Waals surface area (Å²) in [6.45, 7) is 0.662. The van der Waals surface area contributed by atoms with Crippen LogP contribution in [-0.2, 0) is 9.59 Å². The first kappa shape index (κ1) is 23.5. The van der Waals surface area contributed by atoms with Crippen LogP contribution in [-0.4, -0.2) is 65.0 Å². The molecule has 0 aliphatic heterocycles. The van der Waals surface area contributed by atoms with Crippen molar-refractivity contribution in [2.75, 3.05) is 26.2 Å². The molecule has 3 rings (SSSR count). The van der Waals surface area contributed by atoms with Crippen molar-refractivity contribution in [3.63, 3.8) is 0 Å². The van der Waals surface area contributed by atoms with Gasteiger partial charge in [-0.05, 0) is 12.5 Å². The van der Waals surface area contributed by atoms with Crippen molar-refractivity contribution in [1.82, 2.24) is 10.2 Å². The van der Waals surface area contributed by atoms with E-state index in [9.17, 15) is 24.3 Å². The molecule has 0 unspecified atom stereocenters. The normalized spacial score (nSPS) is 10.8. The Kier molecular flexibility index (Phi) is 7.13. The lowest BCUT2D eigenvalue weighted by Crippen LogP contribution is -2.41. The fraction of sp³-hybridized carbons (Fsp3) is 0.273. The minimum absolute atomic E-state index is 0.00366. The molecular formula is C22H23N3O8. The molecule has 0 aliphatic carbocycles. The molecular weight excluding hydrogens is 434 g/mol. The largest absolute Gasteiger partial charge is 0.507 e. The molecule has 11 heteroatoms. The zero-order chi connectivity index (χ0) is 24.1. The number of carboxylic acid groups (broad SMARTS) is 1. The lowest BCUT2D eigenvalue weighted by molar-refractivity contribution is -0.143. The number of aromatic hydroxyl groups is 1. The third kappa shape index (κ3) is 5.21. The van der Waals surface area contributed by atoms with E-state index in [1.807, 2.05) is 0 Å². The van der Waals surface area contributed by atoms with E-state index >= 15 is 0 Å². The van der Waals surface area contributed by atoms with Gasteiger partial charge in [-0.25, -0.2) is 4.79 Å². The van der Waals surface area contributed by atoms with Crippen molar-refractivity contribution in [2.45, 2.75) is 13.3 Å². The van der Waals surface area contributed by atoms with Crippen molar-refractivity contribution < 1.29 is 38.5 Å². The number of Topliss-reactive ketones (excluding diaryl/α,β-unsaturated/α-hetero) is 1. The summed E-state index contributed by atoms with van der Waals surface area (Å²) in [4.78, 5) is 47.9. The Morgan fingerprint density at radius 1 is 1.15 bits per heavy atom. The highest BCUT2D eigenvalue weighted by molar-refractivity contribution is 6.11. The predicted octanol–water partition coefficient (Wildman–Crippen LogP) is 1.84. The van der Waals surface area contributed by atoms with Crippen LogP contribution in [0.5, 0.6) is 11.5 Å². The van der Waals surface area contributed by atoms with Crippen LogP contribution in [0.15, 0.2) is 34.7 Å². The van der Waals surface area contributed by atoms with Gasteiger partial charge in [0.1, 0.15) is 12.3 Å². The van der Waals surface area contributed by atoms with Gasteiger partial charge >= 0.3 is 12.1 Å². The predicted molar refractivity (Wildman–Crippen MR) is 117 cm³/mol. The van der Waals surface area contributed by atoms with Crippen LogP contribution in [0.2, 0.25) is 0 Å². The minimum Gasteiger partial charge on any atom is -0.507 e. The molecule has 0 aliphatic rings. The number of phenols is 1. The molecule has 0 atom stereocenters. The second kappa shape index (κ2) is 10.0. The van der Waals surface area contributed by atoms with Gasteiger partial charge in [0.25, 0.3) is 0 Å². The van der Waals surface area contributed by atoms with Gasteiger partial charge in [-0.1, -0.05) is 24.3 Å². The number of carbonyl (C=O) groups is 4. The van der Waals surface area contributed by atoms with Crippen LogP contribution in [0.3, 0.4) is 0 Å². The summed E-state index contributed by atoms with van der Waals surface area (Å²) in [5.41, 5.74) is 5.34. The van der Waals surface area contributed by atoms with E-state index in [0.717, 1.165) is 4.90 Å². The van der Waals surface area contributed by atoms with Crippen molar-refractivity contribution in [1.29, 1.82) is 0 Å². The maximum absolute atomic E-state index is 12.4. The van der Waals surface area contributed by atoms with Crippen molar-refractivity contribution in [3.8, 4) is 11.5 Å². The summed E-state index contributed by atoms with van der Waals surface area (Å²) < 4.78 is 11.0. The summed E-state index contributed by atoms with van der Waals surface area (Å²) in [7, 11) is 0. The van der Waals surface area contributed by atoms with E-state index in [1.165, 1.54) is 13.0 Å². The standard InChI is InChI=1S/C22H23N3O8/c1-12(26)16-9-15-19(30)13-5-2-3-6-14(13)20(21(15)32-16)33-22(31)24-7-4-8-25(11-18(28)29)17(27)10-23/h2-3,5-6,9,30H,4,7-8,10-11,23H2,1H3,(H,24,31)(H,28,29). The molecule has 1 aromatic heterocycles. The highest BCUT2D eigenvalue weighted by Gasteiger charge is 2.22. The number of nitrogens with zero attached hydrogens (tertiary/aromatic N) is 1. The number of amides is 2. The quantitative estimate of drug-likeness (QED) is 0.276. The van der Waals surface area contributed by atoms with Gasteiger partial charge in [0.2, 0.25) is 5.91 Å². The van der Waals surface area contributed by atoms with Gasteiger partial charge < -0.3 is 35.3 Å². The third-order valence-corrected chi connectivity index (χ3v) is 4.89. The fourth-order valence-electron chi connectivity index (χ4n) is 3.34. The molecule has 0 radical (unpaired) electrons. The van der Waals surface area contributed by atoms with Crippen molar-refractivity contribution in [3.05, 3.63) is 36.1 Å². The summed E-state index contributed by atoms with van der Waals surface area (Å²) >= 11 is 0. The van der Waals surface area contributed by atoms with Gasteiger partial charge in [0, 0.05) is 30.8 Å². The Bertz CT molecular complexity index is 1230. The number of ketones is 1. The highest BCUT2D eigenvalue weighted by atomic mass is 16.6. The number of rotatable bonds is 9. The Hall–Kier alpha value is -4.12. The number of nitrogens with two attached hydrogens (primary N) is 1. The molecule has 0 fully saturated rings. The average molecular weight is 457 g/mol. The molecule has 5 N–H and O–H groups in total. The summed E-state index contributed by atoms with van der Waals surface area (Å²) in [5, 5.41) is 23.1. The van der Waals surface area contributed by atoms with Crippen LogP contribution in [0.1, 0.15) is 23.9 Å². The molecule has 3 aromatic rings. The topological polar surface area (TPSA) is 172 Å². The number of aliphatic carboxylic acids is 1. The molecule has 0 saturated carbocycles. The minimum atomic E-state index is -1.17. The van der Waals surface area contributed by atoms with E-state index in [1.54, 1.807) is 24.3 Å². The van der Waals surface area contributed by atoms with Crippen LogP contribution in [0, 0.1) is 0 Å². The lowest BCUT2D eigenvalue weighted by atomic mass is 10.1. The third-order valence-electron chi connectivity index (χ3n) is 4.89. The first-order valence-corrected chi connectivity index (χ1v) is 10.1. The van der Waals surface area contributed by atoms with Gasteiger partial charge in [0.15, 0.2) is 22.9 Å². The SMILES string of the molecule is CC(=O)c1cc2c(O)c3ccccc3c(OC(=O)NCCCN(CC(=O)O)C(=O)CN)c2o1. The molecule has 2 amide bonds. The molecule has 1 heterocycles. The fourth-order valence-corrected chi connectivity index (χ4v) is 3.34. The second-order valence-corrected chi connectivity index (χ2v) is 7.22. The number of benzene rings is 2. The summed E-state index contributed by atoms with van der Waals surface area (Å²) in [6.07, 6.45) is -0.572. The van der Waals surface area contributed by atoms with E-state index in [-0.39, 0.29) is 60.1 Å². The average Bonchev–Trinajstić information content (AvgIpc) is 3.24. The van der Waals surface area contributed by atoms with Crippen LogP contribution in [0.25, 0.3) is 21.7 Å². The molecule has 0 bridgehead atoms. The molecule has 0 spiro atoms. The Labute approximate surface area is 187 Å². The van der Waals surface area contributed by atoms with E-state index in [0.29, 0.717) is 10.8 Å². The lowest BCUT2D eigenvalue weighted by Gasteiger charge is -2.19. The zero-order valence-corrected chi connectivity index (χ0v) is 17.8. The number of carboxylic acids is 1. The number of ether oxygens (including phenoxy) is 1. The number of nitrogens with one attached hydrogen (secondary N) is 1. The second-order valence-electron chi connectivity index (χ2n) is 7.22. The number of phenolic OH excluding ortho intramolecular Hbond substituents is 1. The molecule has 174 valence electrons. The van der Waals surface area contributed by atoms with Crippen molar-refractivity contribution in [2.24, 2.45) is 5.73 Å². The van der Waals surface area contributed by atoms with Gasteiger partial charge in [-0.15, -0.1) is 0 Å². The van der Waals surface area contributed by atoms with Crippen LogP contribution < -0.4 is 15.8 Å². The summed E-state index contributed by atoms with van der Waals surface area (Å²) in [6, 6.07) is 8.06. The Morgan fingerprint density at radius 3 is 2.48 bits per heavy atom. The van der Waals surface area contributed by atoms with Gasteiger partial charge in [-0.2, -0.15) is 0 Å². The Morgan fingerprint density at radius 2 is 1.85 bits per heavy atom. The first-order chi connectivity index (χ1) is 15.7. The zero-order valence-electron chi connectivity index (χ0n) is 17.8. The molecule has 33 heavy (non-hydrogen) atoms. The Balaban J connectivity index is 1.76. The van der Waals surface area contributed by atoms with Crippen LogP contribution >= 0.6 is 0 Å². The monoisotopic (exact) mass is 457 g/mol. The number of hydrogen-bond acceptors (Lipinski definition) is 8. The first-order valence-electron chi connectivity index (χ1n) is 10.1.